The van der Waals surface area contributed by atoms with Gasteiger partial charge in [0, 0.05) is 25.0 Å². The summed E-state index contributed by atoms with van der Waals surface area (Å²) < 4.78 is 26.9. The molecule has 1 aliphatic carbocycles. The van der Waals surface area contributed by atoms with E-state index < -0.39 is 5.97 Å². The molecule has 0 atom stereocenters. The highest BCUT2D eigenvalue weighted by molar-refractivity contribution is 5.83. The first kappa shape index (κ1) is 21.2. The van der Waals surface area contributed by atoms with Crippen LogP contribution < -0.4 is 0 Å². The third-order valence-corrected chi connectivity index (χ3v) is 6.63. The summed E-state index contributed by atoms with van der Waals surface area (Å²) in [4.78, 5) is 12.9. The first-order valence-corrected chi connectivity index (χ1v) is 11.4. The average molecular weight is 438 g/mol. The average Bonchev–Trinajstić information content (AvgIpc) is 3.18. The summed E-state index contributed by atoms with van der Waals surface area (Å²) in [6.45, 7) is 2.15. The van der Waals surface area contributed by atoms with Crippen LogP contribution in [0.1, 0.15) is 43.2 Å². The van der Waals surface area contributed by atoms with Gasteiger partial charge in [-0.2, -0.15) is 0 Å². The molecule has 2 aliphatic rings. The summed E-state index contributed by atoms with van der Waals surface area (Å²) in [5.74, 6) is -0.911. The highest BCUT2D eigenvalue weighted by atomic mass is 19.1. The zero-order valence-corrected chi connectivity index (χ0v) is 18.1. The lowest BCUT2D eigenvalue weighted by molar-refractivity contribution is -0.147. The fraction of sp³-hybridized carbons (Fsp3) is 0.423. The predicted octanol–water partition coefficient (Wildman–Crippen LogP) is 5.60. The van der Waals surface area contributed by atoms with E-state index in [-0.39, 0.29) is 11.7 Å². The van der Waals surface area contributed by atoms with E-state index in [1.807, 2.05) is 29.2 Å². The molecule has 5 nitrogen and oxygen atoms in total. The molecule has 0 unspecified atom stereocenters. The quantitative estimate of drug-likeness (QED) is 0.521. The van der Waals surface area contributed by atoms with Crippen LogP contribution in [0, 0.1) is 11.7 Å². The molecule has 2 aromatic carbocycles. The Hall–Kier alpha value is -2.70. The number of aliphatic carboxylic acids is 1. The van der Waals surface area contributed by atoms with Gasteiger partial charge in [0.15, 0.2) is 0 Å². The normalized spacial score (nSPS) is 18.2. The van der Waals surface area contributed by atoms with Crippen LogP contribution in [0.15, 0.2) is 46.9 Å². The Morgan fingerprint density at radius 2 is 1.84 bits per heavy atom. The van der Waals surface area contributed by atoms with Crippen LogP contribution in [-0.4, -0.2) is 35.2 Å². The molecule has 1 saturated carbocycles. The van der Waals surface area contributed by atoms with Crippen molar-refractivity contribution in [2.75, 3.05) is 13.1 Å². The summed E-state index contributed by atoms with van der Waals surface area (Å²) in [7, 11) is 0. The molecule has 0 bridgehead atoms. The van der Waals surface area contributed by atoms with Crippen LogP contribution in [0.2, 0.25) is 0 Å². The molecule has 1 saturated heterocycles. The van der Waals surface area contributed by atoms with Gasteiger partial charge in [0.1, 0.15) is 17.2 Å². The van der Waals surface area contributed by atoms with Gasteiger partial charge in [0.25, 0.3) is 0 Å². The summed E-state index contributed by atoms with van der Waals surface area (Å²) in [6.07, 6.45) is 6.46. The van der Waals surface area contributed by atoms with E-state index in [0.29, 0.717) is 43.7 Å². The third-order valence-electron chi connectivity index (χ3n) is 6.63. The lowest BCUT2D eigenvalue weighted by Gasteiger charge is -2.36. The Labute approximate surface area is 186 Å². The molecule has 0 spiro atoms. The van der Waals surface area contributed by atoms with Gasteiger partial charge in [-0.15, -0.1) is 0 Å². The fourth-order valence-corrected chi connectivity index (χ4v) is 4.73. The zero-order chi connectivity index (χ0) is 22.1. The first-order valence-electron chi connectivity index (χ1n) is 11.4. The van der Waals surface area contributed by atoms with E-state index in [2.05, 4.69) is 6.07 Å². The number of carbonyl (C=O) groups is 1. The molecule has 1 aromatic heterocycles. The van der Waals surface area contributed by atoms with Gasteiger partial charge in [0.2, 0.25) is 0 Å². The number of fused-ring (bicyclic) bond motifs is 1. The van der Waals surface area contributed by atoms with E-state index in [4.69, 9.17) is 14.3 Å². The van der Waals surface area contributed by atoms with Crippen LogP contribution >= 0.6 is 0 Å². The Balaban J connectivity index is 1.26. The minimum Gasteiger partial charge on any atom is -0.481 e. The number of carboxylic acid groups (broad SMARTS) is 1. The second-order valence-electron chi connectivity index (χ2n) is 9.10. The third kappa shape index (κ3) is 4.57. The Morgan fingerprint density at radius 1 is 1.06 bits per heavy atom. The monoisotopic (exact) mass is 437 g/mol. The number of hydrogen-bond acceptors (Lipinski definition) is 4. The minimum atomic E-state index is -0.767. The molecule has 1 aliphatic heterocycles. The maximum Gasteiger partial charge on any atom is 0.309 e. The van der Waals surface area contributed by atoms with Gasteiger partial charge in [-0.3, -0.25) is 9.69 Å². The standard InChI is InChI=1S/C26H28FNO4/c27-23-11-17(13-28-14-20(15-28)26(29)30)6-8-22(23)25-12-19-10-18(7-9-24(19)32-25)16-31-21-4-2-1-3-5-21/h6-12,20-21H,1-5,13-16H2,(H,29,30). The molecule has 2 fully saturated rings. The molecular weight excluding hydrogens is 409 g/mol. The fourth-order valence-electron chi connectivity index (χ4n) is 4.73. The molecule has 5 rings (SSSR count). The van der Waals surface area contributed by atoms with Crippen LogP contribution in [0.25, 0.3) is 22.3 Å². The molecule has 0 amide bonds. The molecule has 1 N–H and O–H groups in total. The van der Waals surface area contributed by atoms with Crippen LogP contribution in [0.5, 0.6) is 0 Å². The molecule has 2 heterocycles. The number of carboxylic acids is 1. The largest absolute Gasteiger partial charge is 0.481 e. The molecule has 3 aromatic rings. The molecule has 32 heavy (non-hydrogen) atoms. The first-order chi connectivity index (χ1) is 15.5. The van der Waals surface area contributed by atoms with Crippen molar-refractivity contribution in [1.82, 2.24) is 4.90 Å². The highest BCUT2D eigenvalue weighted by Gasteiger charge is 2.32. The summed E-state index contributed by atoms with van der Waals surface area (Å²) in [5.41, 5.74) is 3.08. The van der Waals surface area contributed by atoms with Crippen molar-refractivity contribution < 1.29 is 23.4 Å². The van der Waals surface area contributed by atoms with Crippen molar-refractivity contribution in [2.24, 2.45) is 5.92 Å². The lowest BCUT2D eigenvalue weighted by Crippen LogP contribution is -2.49. The number of likely N-dealkylation sites (tertiary alicyclic amines) is 1. The van der Waals surface area contributed by atoms with Gasteiger partial charge in [-0.05, 0) is 54.3 Å². The van der Waals surface area contributed by atoms with Crippen LogP contribution in [-0.2, 0) is 22.7 Å². The van der Waals surface area contributed by atoms with E-state index >= 15 is 0 Å². The second-order valence-corrected chi connectivity index (χ2v) is 9.10. The maximum atomic E-state index is 14.9. The zero-order valence-electron chi connectivity index (χ0n) is 18.1. The van der Waals surface area contributed by atoms with E-state index in [9.17, 15) is 9.18 Å². The smallest absolute Gasteiger partial charge is 0.309 e. The van der Waals surface area contributed by atoms with Gasteiger partial charge in [0.05, 0.1) is 24.2 Å². The van der Waals surface area contributed by atoms with Gasteiger partial charge in [-0.1, -0.05) is 31.4 Å². The number of hydrogen-bond donors (Lipinski definition) is 1. The van der Waals surface area contributed by atoms with Crippen LogP contribution in [0.3, 0.4) is 0 Å². The van der Waals surface area contributed by atoms with Crippen LogP contribution in [0.4, 0.5) is 4.39 Å². The number of halogens is 1. The van der Waals surface area contributed by atoms with Gasteiger partial charge < -0.3 is 14.3 Å². The van der Waals surface area contributed by atoms with Crippen molar-refractivity contribution in [3.05, 3.63) is 59.4 Å². The topological polar surface area (TPSA) is 62.9 Å². The number of ether oxygens (including phenoxy) is 1. The molecule has 6 heteroatoms. The van der Waals surface area contributed by atoms with E-state index in [0.717, 1.165) is 34.9 Å². The Morgan fingerprint density at radius 3 is 2.59 bits per heavy atom. The number of furan rings is 1. The van der Waals surface area contributed by atoms with Crippen molar-refractivity contribution in [3.8, 4) is 11.3 Å². The predicted molar refractivity (Wildman–Crippen MR) is 120 cm³/mol. The van der Waals surface area contributed by atoms with Gasteiger partial charge >= 0.3 is 5.97 Å². The van der Waals surface area contributed by atoms with Crippen molar-refractivity contribution >= 4 is 16.9 Å². The van der Waals surface area contributed by atoms with E-state index in [1.54, 1.807) is 6.07 Å². The number of benzene rings is 2. The van der Waals surface area contributed by atoms with E-state index in [1.165, 1.54) is 25.3 Å². The minimum absolute atomic E-state index is 0.312. The maximum absolute atomic E-state index is 14.9. The second kappa shape index (κ2) is 9.04. The summed E-state index contributed by atoms with van der Waals surface area (Å²) in [6, 6.07) is 13.0. The van der Waals surface area contributed by atoms with Crippen molar-refractivity contribution in [2.45, 2.75) is 51.4 Å². The molecule has 168 valence electrons. The Kier molecular flexibility index (Phi) is 5.98. The molecular formula is C26H28FNO4. The molecule has 0 radical (unpaired) electrons. The highest BCUT2D eigenvalue weighted by Crippen LogP contribution is 2.32. The van der Waals surface area contributed by atoms with Crippen molar-refractivity contribution in [1.29, 1.82) is 0 Å². The lowest BCUT2D eigenvalue weighted by atomic mass is 9.98. The Bertz CT molecular complexity index is 1110. The van der Waals surface area contributed by atoms with Crippen molar-refractivity contribution in [3.63, 3.8) is 0 Å². The van der Waals surface area contributed by atoms with Gasteiger partial charge in [-0.25, -0.2) is 4.39 Å². The summed E-state index contributed by atoms with van der Waals surface area (Å²) in [5, 5.41) is 9.92. The SMILES string of the molecule is O=C(O)C1CN(Cc2ccc(-c3cc4cc(COC5CCCCC5)ccc4o3)c(F)c2)C1. The number of rotatable bonds is 7. The number of nitrogens with zero attached hydrogens (tertiary/aromatic N) is 1. The summed E-state index contributed by atoms with van der Waals surface area (Å²) >= 11 is 0.